The Bertz CT molecular complexity index is 1190. The van der Waals surface area contributed by atoms with E-state index in [0.29, 0.717) is 28.3 Å². The zero-order chi connectivity index (χ0) is 24.2. The molecular formula is C18H18FN6O7P. The summed E-state index contributed by atoms with van der Waals surface area (Å²) in [6, 6.07) is 7.79. The van der Waals surface area contributed by atoms with Crippen molar-refractivity contribution in [2.24, 2.45) is 0 Å². The average Bonchev–Trinajstić information content (AvgIpc) is 3.39. The van der Waals surface area contributed by atoms with E-state index < -0.39 is 25.8 Å². The highest BCUT2D eigenvalue weighted by molar-refractivity contribution is 7.45. The normalized spacial score (nSPS) is 15.6. The van der Waals surface area contributed by atoms with Crippen molar-refractivity contribution >= 4 is 25.8 Å². The Hall–Kier alpha value is -3.55. The van der Waals surface area contributed by atoms with Crippen LogP contribution >= 0.6 is 7.82 Å². The number of cyclic esters (lactones) is 1. The maximum Gasteiger partial charge on any atom is 0.466 e. The van der Waals surface area contributed by atoms with Crippen LogP contribution in [0.1, 0.15) is 0 Å². The van der Waals surface area contributed by atoms with Crippen LogP contribution in [0.2, 0.25) is 0 Å². The van der Waals surface area contributed by atoms with Crippen LogP contribution in [0.15, 0.2) is 43.1 Å². The summed E-state index contributed by atoms with van der Waals surface area (Å²) in [7, 11) is -4.64. The molecule has 15 heteroatoms. The number of rotatable bonds is 5. The second-order valence-electron chi connectivity index (χ2n) is 6.52. The van der Waals surface area contributed by atoms with Gasteiger partial charge in [0.15, 0.2) is 0 Å². The van der Waals surface area contributed by atoms with Gasteiger partial charge in [0.25, 0.3) is 0 Å². The second kappa shape index (κ2) is 9.94. The van der Waals surface area contributed by atoms with Crippen molar-refractivity contribution in [1.82, 2.24) is 25.2 Å². The van der Waals surface area contributed by atoms with Gasteiger partial charge in [-0.15, -0.1) is 15.0 Å². The molecule has 1 aliphatic heterocycles. The minimum Gasteiger partial charge on any atom is -0.441 e. The van der Waals surface area contributed by atoms with Gasteiger partial charge >= 0.3 is 13.9 Å². The van der Waals surface area contributed by atoms with Crippen molar-refractivity contribution in [3.8, 4) is 22.6 Å². The molecule has 13 nitrogen and oxygen atoms in total. The number of amides is 1. The van der Waals surface area contributed by atoms with Crippen molar-refractivity contribution in [3.63, 3.8) is 0 Å². The number of tetrazole rings is 1. The van der Waals surface area contributed by atoms with Gasteiger partial charge in [-0.2, -0.15) is 0 Å². The number of pyridine rings is 1. The maximum absolute atomic E-state index is 14.7. The summed E-state index contributed by atoms with van der Waals surface area (Å²) >= 11 is 0. The number of aliphatic hydroxyl groups excluding tert-OH is 1. The van der Waals surface area contributed by atoms with E-state index in [1.54, 1.807) is 24.3 Å². The Balaban J connectivity index is 0.000000555. The van der Waals surface area contributed by atoms with Gasteiger partial charge in [-0.1, -0.05) is 12.6 Å². The van der Waals surface area contributed by atoms with Crippen LogP contribution < -0.4 is 4.90 Å². The smallest absolute Gasteiger partial charge is 0.441 e. The molecule has 1 amide bonds. The van der Waals surface area contributed by atoms with Gasteiger partial charge in [-0.25, -0.2) is 13.8 Å². The fraction of sp³-hybridized carbons (Fsp3) is 0.167. The lowest BCUT2D eigenvalue weighted by Crippen LogP contribution is -2.25. The number of aromatic nitrogens is 5. The summed E-state index contributed by atoms with van der Waals surface area (Å²) in [4.78, 5) is 40.2. The Morgan fingerprint density at radius 2 is 2.00 bits per heavy atom. The summed E-state index contributed by atoms with van der Waals surface area (Å²) in [6.07, 6.45) is 1.69. The van der Waals surface area contributed by atoms with Crippen LogP contribution in [-0.2, 0) is 9.30 Å². The van der Waals surface area contributed by atoms with E-state index in [9.17, 15) is 9.18 Å². The summed E-state index contributed by atoms with van der Waals surface area (Å²) in [6.45, 7) is 3.43. The Morgan fingerprint density at radius 3 is 2.52 bits per heavy atom. The molecule has 1 fully saturated rings. The minimum atomic E-state index is -4.64. The van der Waals surface area contributed by atoms with Crippen molar-refractivity contribution in [3.05, 3.63) is 48.9 Å². The Kier molecular flexibility index (Phi) is 7.26. The lowest BCUT2D eigenvalue weighted by Gasteiger charge is -2.14. The molecule has 0 aliphatic carbocycles. The number of carbonyl (C=O) groups is 1. The third-order valence-electron chi connectivity index (χ3n) is 4.24. The zero-order valence-electron chi connectivity index (χ0n) is 16.8. The quantitative estimate of drug-likeness (QED) is 0.382. The number of nitrogens with zero attached hydrogens (tertiary/aromatic N) is 6. The molecule has 3 heterocycles. The van der Waals surface area contributed by atoms with Crippen molar-refractivity contribution in [2.45, 2.75) is 6.10 Å². The molecule has 174 valence electrons. The van der Waals surface area contributed by atoms with Gasteiger partial charge < -0.3 is 24.5 Å². The molecule has 2 aromatic heterocycles. The highest BCUT2D eigenvalue weighted by Crippen LogP contribution is 2.29. The predicted octanol–water partition coefficient (Wildman–Crippen LogP) is 1.03. The van der Waals surface area contributed by atoms with Crippen LogP contribution in [0.3, 0.4) is 0 Å². The number of carbonyl (C=O) groups excluding carboxylic acids is 1. The fourth-order valence-electron chi connectivity index (χ4n) is 2.82. The number of anilines is 1. The SMILES string of the molecule is C=Cn1nnc(-c2ccc(-c3ccc(N4C[C@H](CO)OC4=O)cc3F)cn2)n1.O=P(O)(O)O. The first kappa shape index (κ1) is 24.1. The van der Waals surface area contributed by atoms with E-state index >= 15 is 0 Å². The molecule has 4 rings (SSSR count). The molecule has 0 bridgehead atoms. The first-order chi connectivity index (χ1) is 15.6. The molecule has 1 saturated heterocycles. The first-order valence-electron chi connectivity index (χ1n) is 9.14. The summed E-state index contributed by atoms with van der Waals surface area (Å²) in [5.74, 6) is -0.184. The number of aliphatic hydroxyl groups is 1. The van der Waals surface area contributed by atoms with E-state index in [4.69, 9.17) is 29.1 Å². The summed E-state index contributed by atoms with van der Waals surface area (Å²) in [5, 5.41) is 20.8. The molecule has 0 saturated carbocycles. The van der Waals surface area contributed by atoms with Crippen molar-refractivity contribution in [1.29, 1.82) is 0 Å². The number of hydrogen-bond donors (Lipinski definition) is 4. The number of ether oxygens (including phenoxy) is 1. The van der Waals surface area contributed by atoms with Crippen LogP contribution in [-0.4, -0.2) is 70.3 Å². The van der Waals surface area contributed by atoms with Gasteiger partial charge in [-0.05, 0) is 29.5 Å². The predicted molar refractivity (Wildman–Crippen MR) is 112 cm³/mol. The van der Waals surface area contributed by atoms with Crippen LogP contribution in [0.25, 0.3) is 28.8 Å². The van der Waals surface area contributed by atoms with E-state index in [2.05, 4.69) is 27.0 Å². The molecule has 1 atom stereocenters. The van der Waals surface area contributed by atoms with Gasteiger partial charge in [0.05, 0.1) is 18.8 Å². The number of benzene rings is 1. The molecule has 0 radical (unpaired) electrons. The molecule has 4 N–H and O–H groups in total. The molecule has 33 heavy (non-hydrogen) atoms. The largest absolute Gasteiger partial charge is 0.466 e. The highest BCUT2D eigenvalue weighted by atomic mass is 31.2. The van der Waals surface area contributed by atoms with Gasteiger partial charge in [-0.3, -0.25) is 9.88 Å². The third-order valence-corrected chi connectivity index (χ3v) is 4.24. The van der Waals surface area contributed by atoms with E-state index in [1.807, 2.05) is 0 Å². The maximum atomic E-state index is 14.7. The lowest BCUT2D eigenvalue weighted by molar-refractivity contribution is 0.0963. The second-order valence-corrected chi connectivity index (χ2v) is 7.55. The van der Waals surface area contributed by atoms with Gasteiger partial charge in [0.2, 0.25) is 5.82 Å². The topological polar surface area (TPSA) is 184 Å². The summed E-state index contributed by atoms with van der Waals surface area (Å²) < 4.78 is 28.5. The van der Waals surface area contributed by atoms with Gasteiger partial charge in [0, 0.05) is 23.5 Å². The molecular weight excluding hydrogens is 462 g/mol. The van der Waals surface area contributed by atoms with Crippen LogP contribution in [0, 0.1) is 5.82 Å². The van der Waals surface area contributed by atoms with E-state index in [1.165, 1.54) is 28.2 Å². The van der Waals surface area contributed by atoms with Crippen molar-refractivity contribution < 1.29 is 38.3 Å². The number of hydrogen-bond acceptors (Lipinski definition) is 8. The van der Waals surface area contributed by atoms with Crippen molar-refractivity contribution in [2.75, 3.05) is 18.1 Å². The van der Waals surface area contributed by atoms with E-state index in [-0.39, 0.29) is 13.2 Å². The lowest BCUT2D eigenvalue weighted by atomic mass is 10.1. The highest BCUT2D eigenvalue weighted by Gasteiger charge is 2.32. The Morgan fingerprint density at radius 1 is 1.27 bits per heavy atom. The van der Waals surface area contributed by atoms with Gasteiger partial charge in [0.1, 0.15) is 17.6 Å². The van der Waals surface area contributed by atoms with Crippen LogP contribution in [0.5, 0.6) is 0 Å². The molecule has 0 unspecified atom stereocenters. The standard InChI is InChI=1S/C18H15FN6O3.H3O4P/c1-2-25-22-17(21-23-25)16-6-3-11(8-20-16)14-5-4-12(7-15(14)19)24-9-13(10-26)28-18(24)27;1-5(2,3)4/h2-8,13,26H,1,9-10H2;(H3,1,2,3,4)/t13-;/m1./s1. The first-order valence-corrected chi connectivity index (χ1v) is 10.7. The molecule has 0 spiro atoms. The number of halogens is 1. The number of phosphoric acid groups is 1. The van der Waals surface area contributed by atoms with E-state index in [0.717, 1.165) is 0 Å². The average molecular weight is 480 g/mol. The molecule has 1 aromatic carbocycles. The summed E-state index contributed by atoms with van der Waals surface area (Å²) in [5.41, 5.74) is 1.73. The molecule has 1 aliphatic rings. The zero-order valence-corrected chi connectivity index (χ0v) is 17.7. The third kappa shape index (κ3) is 6.25. The van der Waals surface area contributed by atoms with Crippen LogP contribution in [0.4, 0.5) is 14.9 Å². The fourth-order valence-corrected chi connectivity index (χ4v) is 2.82. The monoisotopic (exact) mass is 480 g/mol. The molecule has 3 aromatic rings. The Labute approximate surface area is 185 Å². The minimum absolute atomic E-state index is 0.169.